The Morgan fingerprint density at radius 1 is 1.13 bits per heavy atom. The lowest BCUT2D eigenvalue weighted by molar-refractivity contribution is 0.00620. The van der Waals surface area contributed by atoms with Gasteiger partial charge in [-0.15, -0.1) is 0 Å². The van der Waals surface area contributed by atoms with Gasteiger partial charge in [0.15, 0.2) is 11.6 Å². The summed E-state index contributed by atoms with van der Waals surface area (Å²) < 4.78 is 42.2. The van der Waals surface area contributed by atoms with Crippen molar-refractivity contribution in [3.05, 3.63) is 111 Å². The Labute approximate surface area is 223 Å². The summed E-state index contributed by atoms with van der Waals surface area (Å²) in [6.45, 7) is 3.15. The van der Waals surface area contributed by atoms with Crippen LogP contribution in [0.4, 0.5) is 8.78 Å². The molecule has 1 aliphatic rings. The molecule has 0 saturated carbocycles. The molecule has 0 bridgehead atoms. The first-order chi connectivity index (χ1) is 18.8. The smallest absolute Gasteiger partial charge is 0.255 e. The molecule has 0 atom stereocenters. The van der Waals surface area contributed by atoms with Gasteiger partial charge in [0, 0.05) is 36.8 Å². The number of nitrogens with zero attached hydrogens (tertiary/aromatic N) is 4. The molecule has 0 radical (unpaired) electrons. The molecule has 1 fully saturated rings. The number of carbonyl (C=O) groups excluding carboxylic acids is 1. The first-order valence-corrected chi connectivity index (χ1v) is 12.4. The van der Waals surface area contributed by atoms with Gasteiger partial charge in [0.2, 0.25) is 0 Å². The number of aromatic nitrogens is 4. The molecule has 0 spiro atoms. The molecule has 1 aromatic carbocycles. The number of benzene rings is 1. The molecule has 3 aromatic heterocycles. The van der Waals surface area contributed by atoms with Crippen molar-refractivity contribution in [1.29, 1.82) is 0 Å². The fourth-order valence-corrected chi connectivity index (χ4v) is 4.33. The van der Waals surface area contributed by atoms with Gasteiger partial charge < -0.3 is 19.4 Å². The van der Waals surface area contributed by atoms with Gasteiger partial charge in [0.05, 0.1) is 56.3 Å². The van der Waals surface area contributed by atoms with E-state index in [1.807, 2.05) is 19.1 Å². The maximum atomic E-state index is 14.5. The lowest BCUT2D eigenvalue weighted by atomic mass is 10.00. The number of methoxy groups -OCH3 is 1. The van der Waals surface area contributed by atoms with Gasteiger partial charge in [-0.05, 0) is 36.2 Å². The van der Waals surface area contributed by atoms with Crippen LogP contribution in [-0.4, -0.2) is 45.6 Å². The highest BCUT2D eigenvalue weighted by Crippen LogP contribution is 2.27. The van der Waals surface area contributed by atoms with Gasteiger partial charge in [-0.2, -0.15) is 5.10 Å². The summed E-state index contributed by atoms with van der Waals surface area (Å²) in [5.74, 6) is -2.29. The Hall–Kier alpha value is -4.38. The quantitative estimate of drug-likeness (QED) is 0.354. The fraction of sp³-hybridized carbons (Fsp3) is 0.286. The summed E-state index contributed by atoms with van der Waals surface area (Å²) in [7, 11) is 1.29. The topological polar surface area (TPSA) is 100 Å². The Kier molecular flexibility index (Phi) is 7.51. The molecule has 1 aliphatic heterocycles. The largest absolute Gasteiger partial charge is 0.494 e. The van der Waals surface area contributed by atoms with Gasteiger partial charge in [0.1, 0.15) is 5.82 Å². The standard InChI is InChI=1S/C28H27F2N5O4/c1-17-3-8-25(36)34(11-17)13-20-5-4-18(9-31-20)12-35-14-22(27(33-35)19-15-39-16-19)28(37)32-10-21-23(29)6-7-24(38-2)26(21)30/h3-9,11,14,19H,10,12-13,15-16H2,1-2H3,(H,32,37). The third kappa shape index (κ3) is 5.73. The van der Waals surface area contributed by atoms with Crippen LogP contribution < -0.4 is 15.6 Å². The normalized spacial score (nSPS) is 13.2. The van der Waals surface area contributed by atoms with E-state index in [1.54, 1.807) is 33.9 Å². The van der Waals surface area contributed by atoms with E-state index in [9.17, 15) is 18.4 Å². The molecule has 1 amide bonds. The van der Waals surface area contributed by atoms with Crippen molar-refractivity contribution in [2.75, 3.05) is 20.3 Å². The third-order valence-electron chi connectivity index (χ3n) is 6.55. The number of nitrogens with one attached hydrogen (secondary N) is 1. The predicted octanol–water partition coefficient (Wildman–Crippen LogP) is 3.18. The van der Waals surface area contributed by atoms with Crippen LogP contribution in [0.25, 0.3) is 0 Å². The van der Waals surface area contributed by atoms with Crippen LogP contribution >= 0.6 is 0 Å². The van der Waals surface area contributed by atoms with Crippen LogP contribution in [0, 0.1) is 18.6 Å². The lowest BCUT2D eigenvalue weighted by Gasteiger charge is -2.25. The Morgan fingerprint density at radius 3 is 2.64 bits per heavy atom. The van der Waals surface area contributed by atoms with Crippen LogP contribution in [0.15, 0.2) is 59.8 Å². The molecule has 1 N–H and O–H groups in total. The van der Waals surface area contributed by atoms with Crippen LogP contribution in [0.1, 0.15) is 44.4 Å². The zero-order valence-corrected chi connectivity index (χ0v) is 21.5. The molecule has 0 aliphatic carbocycles. The molecule has 0 unspecified atom stereocenters. The predicted molar refractivity (Wildman–Crippen MR) is 138 cm³/mol. The highest BCUT2D eigenvalue weighted by Gasteiger charge is 2.29. The monoisotopic (exact) mass is 535 g/mol. The molecule has 1 saturated heterocycles. The maximum Gasteiger partial charge on any atom is 0.255 e. The van der Waals surface area contributed by atoms with E-state index >= 15 is 0 Å². The fourth-order valence-electron chi connectivity index (χ4n) is 4.33. The van der Waals surface area contributed by atoms with Crippen molar-refractivity contribution in [3.8, 4) is 5.75 Å². The number of carbonyl (C=O) groups is 1. The Bertz CT molecular complexity index is 1560. The average Bonchev–Trinajstić information content (AvgIpc) is 3.29. The lowest BCUT2D eigenvalue weighted by Crippen LogP contribution is -2.30. The second-order valence-corrected chi connectivity index (χ2v) is 9.42. The molecular formula is C28H27F2N5O4. The van der Waals surface area contributed by atoms with Crippen molar-refractivity contribution in [1.82, 2.24) is 24.6 Å². The van der Waals surface area contributed by atoms with Crippen molar-refractivity contribution in [3.63, 3.8) is 0 Å². The zero-order valence-electron chi connectivity index (χ0n) is 21.5. The highest BCUT2D eigenvalue weighted by atomic mass is 19.1. The third-order valence-corrected chi connectivity index (χ3v) is 6.55. The average molecular weight is 536 g/mol. The number of halogens is 2. The highest BCUT2D eigenvalue weighted by molar-refractivity contribution is 5.95. The van der Waals surface area contributed by atoms with Crippen molar-refractivity contribution < 1.29 is 23.0 Å². The van der Waals surface area contributed by atoms with Crippen LogP contribution in [0.2, 0.25) is 0 Å². The number of rotatable bonds is 9. The van der Waals surface area contributed by atoms with Gasteiger partial charge in [0.25, 0.3) is 11.5 Å². The second kappa shape index (κ2) is 11.2. The number of pyridine rings is 2. The summed E-state index contributed by atoms with van der Waals surface area (Å²) in [4.78, 5) is 29.6. The number of hydrogen-bond acceptors (Lipinski definition) is 6. The molecule has 4 aromatic rings. The number of ether oxygens (including phenoxy) is 2. The van der Waals surface area contributed by atoms with Gasteiger partial charge in [-0.3, -0.25) is 19.3 Å². The van der Waals surface area contributed by atoms with E-state index < -0.39 is 17.5 Å². The minimum absolute atomic E-state index is 0.0505. The molecular weight excluding hydrogens is 508 g/mol. The van der Waals surface area contributed by atoms with E-state index in [4.69, 9.17) is 9.47 Å². The van der Waals surface area contributed by atoms with Crippen molar-refractivity contribution in [2.24, 2.45) is 0 Å². The zero-order chi connectivity index (χ0) is 27.5. The van der Waals surface area contributed by atoms with Gasteiger partial charge >= 0.3 is 0 Å². The molecule has 9 nitrogen and oxygen atoms in total. The van der Waals surface area contributed by atoms with E-state index in [1.165, 1.54) is 19.2 Å². The van der Waals surface area contributed by atoms with E-state index in [0.717, 1.165) is 22.9 Å². The van der Waals surface area contributed by atoms with Crippen molar-refractivity contribution >= 4 is 5.91 Å². The molecule has 202 valence electrons. The summed E-state index contributed by atoms with van der Waals surface area (Å²) in [6, 6.07) is 9.33. The number of aryl methyl sites for hydroxylation is 1. The van der Waals surface area contributed by atoms with Crippen LogP contribution in [0.3, 0.4) is 0 Å². The maximum absolute atomic E-state index is 14.5. The number of amides is 1. The summed E-state index contributed by atoms with van der Waals surface area (Å²) >= 11 is 0. The Morgan fingerprint density at radius 2 is 1.95 bits per heavy atom. The van der Waals surface area contributed by atoms with Gasteiger partial charge in [-0.1, -0.05) is 12.1 Å². The second-order valence-electron chi connectivity index (χ2n) is 9.42. The SMILES string of the molecule is COc1ccc(F)c(CNC(=O)c2cn(Cc3ccc(Cn4cc(C)ccc4=O)nc3)nc2C2COC2)c1F. The molecule has 11 heteroatoms. The van der Waals surface area contributed by atoms with E-state index in [2.05, 4.69) is 15.4 Å². The first-order valence-electron chi connectivity index (χ1n) is 12.4. The van der Waals surface area contributed by atoms with Gasteiger partial charge in [-0.25, -0.2) is 8.78 Å². The molecule has 4 heterocycles. The Balaban J connectivity index is 1.30. The summed E-state index contributed by atoms with van der Waals surface area (Å²) in [6.07, 6.45) is 5.11. The molecule has 39 heavy (non-hydrogen) atoms. The van der Waals surface area contributed by atoms with Crippen LogP contribution in [0.5, 0.6) is 5.75 Å². The number of hydrogen-bond donors (Lipinski definition) is 1. The minimum Gasteiger partial charge on any atom is -0.494 e. The molecule has 5 rings (SSSR count). The van der Waals surface area contributed by atoms with Crippen molar-refractivity contribution in [2.45, 2.75) is 32.5 Å². The van der Waals surface area contributed by atoms with E-state index in [-0.39, 0.29) is 29.3 Å². The summed E-state index contributed by atoms with van der Waals surface area (Å²) in [5.41, 5.74) is 3.05. The van der Waals surface area contributed by atoms with E-state index in [0.29, 0.717) is 37.6 Å². The first kappa shape index (κ1) is 26.2. The minimum atomic E-state index is -0.857. The summed E-state index contributed by atoms with van der Waals surface area (Å²) in [5, 5.41) is 7.21. The van der Waals surface area contributed by atoms with Crippen LogP contribution in [-0.2, 0) is 24.4 Å².